The van der Waals surface area contributed by atoms with E-state index in [0.717, 1.165) is 22.2 Å². The third kappa shape index (κ3) is 7.03. The van der Waals surface area contributed by atoms with Crippen LogP contribution in [0.25, 0.3) is 6.08 Å². The van der Waals surface area contributed by atoms with Gasteiger partial charge in [-0.15, -0.1) is 0 Å². The molecular formula is C27H22BrN3O7S. The van der Waals surface area contributed by atoms with Crippen LogP contribution in [0.15, 0.2) is 76.1 Å². The van der Waals surface area contributed by atoms with Crippen LogP contribution >= 0.6 is 27.7 Å². The van der Waals surface area contributed by atoms with Gasteiger partial charge in [0.2, 0.25) is 5.91 Å². The average Bonchev–Trinajstić information content (AvgIpc) is 3.16. The quantitative estimate of drug-likeness (QED) is 0.168. The summed E-state index contributed by atoms with van der Waals surface area (Å²) < 4.78 is 12.2. The number of nitro groups is 1. The number of para-hydroxylation sites is 1. The van der Waals surface area contributed by atoms with E-state index >= 15 is 0 Å². The van der Waals surface area contributed by atoms with Gasteiger partial charge in [-0.05, 0) is 88.2 Å². The van der Waals surface area contributed by atoms with Crippen LogP contribution in [0.4, 0.5) is 16.2 Å². The van der Waals surface area contributed by atoms with Crippen LogP contribution < -0.4 is 14.8 Å². The van der Waals surface area contributed by atoms with Gasteiger partial charge in [0.25, 0.3) is 16.8 Å². The predicted molar refractivity (Wildman–Crippen MR) is 150 cm³/mol. The number of imide groups is 1. The lowest BCUT2D eigenvalue weighted by molar-refractivity contribution is -0.384. The minimum absolute atomic E-state index is 0.0134. The molecule has 1 fully saturated rings. The van der Waals surface area contributed by atoms with Gasteiger partial charge in [0.15, 0.2) is 11.5 Å². The summed E-state index contributed by atoms with van der Waals surface area (Å²) in [5.41, 5.74) is 1.85. The molecule has 0 unspecified atom stereocenters. The van der Waals surface area contributed by atoms with Gasteiger partial charge in [0, 0.05) is 17.8 Å². The number of ether oxygens (including phenoxy) is 2. The van der Waals surface area contributed by atoms with Crippen molar-refractivity contribution in [2.75, 3.05) is 18.5 Å². The molecule has 1 aliphatic rings. The van der Waals surface area contributed by atoms with Gasteiger partial charge >= 0.3 is 0 Å². The number of hydrogen-bond donors (Lipinski definition) is 1. The molecule has 39 heavy (non-hydrogen) atoms. The van der Waals surface area contributed by atoms with E-state index in [2.05, 4.69) is 21.2 Å². The van der Waals surface area contributed by atoms with Gasteiger partial charge in [-0.25, -0.2) is 0 Å². The molecule has 0 radical (unpaired) electrons. The molecule has 10 nitrogen and oxygen atoms in total. The maximum absolute atomic E-state index is 12.9. The summed E-state index contributed by atoms with van der Waals surface area (Å²) >= 11 is 4.23. The van der Waals surface area contributed by atoms with E-state index in [1.165, 1.54) is 12.1 Å². The molecule has 4 rings (SSSR count). The SMILES string of the molecule is CCOc1cc(/C=C2\SC(=O)N(CC(=O)Nc3ccccc3)C2=O)cc(Br)c1OCc1ccc([N+](=O)[O-])cc1. The van der Waals surface area contributed by atoms with Crippen molar-refractivity contribution >= 4 is 62.2 Å². The Morgan fingerprint density at radius 3 is 2.49 bits per heavy atom. The third-order valence-corrected chi connectivity index (χ3v) is 6.89. The van der Waals surface area contributed by atoms with Gasteiger partial charge < -0.3 is 14.8 Å². The molecule has 1 saturated heterocycles. The Balaban J connectivity index is 1.48. The average molecular weight is 612 g/mol. The van der Waals surface area contributed by atoms with E-state index in [4.69, 9.17) is 9.47 Å². The summed E-state index contributed by atoms with van der Waals surface area (Å²) in [6.07, 6.45) is 1.55. The number of nitrogens with one attached hydrogen (secondary N) is 1. The van der Waals surface area contributed by atoms with Crippen molar-refractivity contribution in [1.82, 2.24) is 4.90 Å². The smallest absolute Gasteiger partial charge is 0.294 e. The molecule has 200 valence electrons. The number of benzene rings is 3. The number of amides is 3. The Morgan fingerprint density at radius 2 is 1.82 bits per heavy atom. The fourth-order valence-electron chi connectivity index (χ4n) is 3.60. The highest BCUT2D eigenvalue weighted by atomic mass is 79.9. The minimum Gasteiger partial charge on any atom is -0.490 e. The summed E-state index contributed by atoms with van der Waals surface area (Å²) in [7, 11) is 0. The topological polar surface area (TPSA) is 128 Å². The molecule has 3 amide bonds. The van der Waals surface area contributed by atoms with Crippen molar-refractivity contribution in [3.8, 4) is 11.5 Å². The number of rotatable bonds is 10. The Morgan fingerprint density at radius 1 is 1.10 bits per heavy atom. The zero-order valence-electron chi connectivity index (χ0n) is 20.6. The highest BCUT2D eigenvalue weighted by Gasteiger charge is 2.36. The van der Waals surface area contributed by atoms with E-state index in [-0.39, 0.29) is 17.2 Å². The second-order valence-corrected chi connectivity index (χ2v) is 10.0. The second kappa shape index (κ2) is 12.6. The predicted octanol–water partition coefficient (Wildman–Crippen LogP) is 6.01. The molecule has 1 N–H and O–H groups in total. The van der Waals surface area contributed by atoms with Crippen molar-refractivity contribution < 1.29 is 28.8 Å². The Labute approximate surface area is 236 Å². The zero-order chi connectivity index (χ0) is 27.9. The Bertz CT molecular complexity index is 1450. The van der Waals surface area contributed by atoms with E-state index in [0.29, 0.717) is 33.8 Å². The monoisotopic (exact) mass is 611 g/mol. The standard InChI is InChI=1S/C27H22BrN3O7S/c1-2-37-22-13-18(12-21(28)25(22)38-16-17-8-10-20(11-9-17)31(35)36)14-23-26(33)30(27(34)39-23)15-24(32)29-19-6-4-3-5-7-19/h3-14H,2,15-16H2,1H3,(H,29,32)/b23-14-. The molecular weight excluding hydrogens is 590 g/mol. The van der Waals surface area contributed by atoms with Crippen molar-refractivity contribution in [2.45, 2.75) is 13.5 Å². The molecule has 3 aromatic carbocycles. The van der Waals surface area contributed by atoms with Crippen LogP contribution in [0.3, 0.4) is 0 Å². The first-order valence-corrected chi connectivity index (χ1v) is 13.3. The maximum Gasteiger partial charge on any atom is 0.294 e. The lowest BCUT2D eigenvalue weighted by atomic mass is 10.1. The number of halogens is 1. The first-order valence-electron chi connectivity index (χ1n) is 11.7. The minimum atomic E-state index is -0.569. The molecule has 1 aliphatic heterocycles. The van der Waals surface area contributed by atoms with Crippen LogP contribution in [0.5, 0.6) is 11.5 Å². The fourth-order valence-corrected chi connectivity index (χ4v) is 5.01. The maximum atomic E-state index is 12.9. The van der Waals surface area contributed by atoms with Crippen LogP contribution in [0.1, 0.15) is 18.1 Å². The van der Waals surface area contributed by atoms with Crippen molar-refractivity contribution in [1.29, 1.82) is 0 Å². The first-order chi connectivity index (χ1) is 18.7. The van der Waals surface area contributed by atoms with Crippen LogP contribution in [-0.4, -0.2) is 40.0 Å². The van der Waals surface area contributed by atoms with E-state index in [1.54, 1.807) is 54.6 Å². The summed E-state index contributed by atoms with van der Waals surface area (Å²) in [4.78, 5) is 49.3. The molecule has 0 spiro atoms. The van der Waals surface area contributed by atoms with Gasteiger partial charge in [-0.3, -0.25) is 29.4 Å². The summed E-state index contributed by atoms with van der Waals surface area (Å²) in [6.45, 7) is 1.89. The Kier molecular flexibility index (Phi) is 8.99. The number of carbonyl (C=O) groups is 3. The number of anilines is 1. The third-order valence-electron chi connectivity index (χ3n) is 5.39. The molecule has 0 aromatic heterocycles. The molecule has 3 aromatic rings. The molecule has 0 bridgehead atoms. The van der Waals surface area contributed by atoms with Crippen LogP contribution in [0.2, 0.25) is 0 Å². The molecule has 0 saturated carbocycles. The first kappa shape index (κ1) is 27.9. The van der Waals surface area contributed by atoms with Crippen LogP contribution in [-0.2, 0) is 16.2 Å². The number of thioether (sulfide) groups is 1. The molecule has 0 atom stereocenters. The fraction of sp³-hybridized carbons (Fsp3) is 0.148. The highest BCUT2D eigenvalue weighted by molar-refractivity contribution is 9.10. The van der Waals surface area contributed by atoms with Crippen molar-refractivity contribution in [3.63, 3.8) is 0 Å². The van der Waals surface area contributed by atoms with Crippen LogP contribution in [0, 0.1) is 10.1 Å². The number of nitrogens with zero attached hydrogens (tertiary/aromatic N) is 2. The summed E-state index contributed by atoms with van der Waals surface area (Å²) in [5, 5.41) is 13.0. The van der Waals surface area contributed by atoms with Crippen molar-refractivity contribution in [2.24, 2.45) is 0 Å². The normalized spacial score (nSPS) is 14.0. The summed E-state index contributed by atoms with van der Waals surface area (Å²) in [6, 6.07) is 18.2. The zero-order valence-corrected chi connectivity index (χ0v) is 23.0. The summed E-state index contributed by atoms with van der Waals surface area (Å²) in [5.74, 6) is -0.235. The number of nitro benzene ring substituents is 1. The van der Waals surface area contributed by atoms with Gasteiger partial charge in [-0.2, -0.15) is 0 Å². The van der Waals surface area contributed by atoms with Gasteiger partial charge in [-0.1, -0.05) is 18.2 Å². The lowest BCUT2D eigenvalue weighted by Crippen LogP contribution is -2.36. The largest absolute Gasteiger partial charge is 0.490 e. The lowest BCUT2D eigenvalue weighted by Gasteiger charge is -2.15. The number of hydrogen-bond acceptors (Lipinski definition) is 8. The molecule has 1 heterocycles. The Hall–Kier alpha value is -4.16. The van der Waals surface area contributed by atoms with Gasteiger partial charge in [0.05, 0.1) is 20.9 Å². The van der Waals surface area contributed by atoms with E-state index in [9.17, 15) is 24.5 Å². The number of carbonyl (C=O) groups excluding carboxylic acids is 3. The van der Waals surface area contributed by atoms with E-state index < -0.39 is 28.5 Å². The second-order valence-electron chi connectivity index (χ2n) is 8.16. The number of non-ortho nitro benzene ring substituents is 1. The molecule has 0 aliphatic carbocycles. The molecule has 12 heteroatoms. The van der Waals surface area contributed by atoms with Crippen molar-refractivity contribution in [3.05, 3.63) is 97.3 Å². The van der Waals surface area contributed by atoms with Gasteiger partial charge in [0.1, 0.15) is 13.2 Å². The highest BCUT2D eigenvalue weighted by Crippen LogP contribution is 2.39. The van der Waals surface area contributed by atoms with E-state index in [1.807, 2.05) is 13.0 Å².